The maximum absolute atomic E-state index is 13.0. The van der Waals surface area contributed by atoms with Crippen molar-refractivity contribution in [3.8, 4) is 17.5 Å². The van der Waals surface area contributed by atoms with E-state index >= 15 is 0 Å². The third kappa shape index (κ3) is 5.54. The number of piperazine rings is 1. The number of nitrogens with one attached hydrogen (secondary N) is 1. The number of oxazole rings is 1. The number of fused-ring (bicyclic) bond motifs is 1. The Morgan fingerprint density at radius 3 is 2.49 bits per heavy atom. The van der Waals surface area contributed by atoms with E-state index in [2.05, 4.69) is 21.3 Å². The van der Waals surface area contributed by atoms with E-state index in [9.17, 15) is 13.2 Å². The van der Waals surface area contributed by atoms with Gasteiger partial charge in [0.2, 0.25) is 5.89 Å². The SMILES string of the molecule is Cc1cc(C#N)cc2nc(-c3ccc(NCCN4CCN(c5cccc(C(F)(F)F)c5)CC4)cc3)oc12. The molecule has 0 saturated carbocycles. The molecule has 4 aromatic rings. The van der Waals surface area contributed by atoms with E-state index in [0.29, 0.717) is 41.3 Å². The fraction of sp³-hybridized carbons (Fsp3) is 0.286. The Bertz CT molecular complexity index is 1430. The van der Waals surface area contributed by atoms with Crippen molar-refractivity contribution in [1.29, 1.82) is 5.26 Å². The Hall–Kier alpha value is -4.03. The third-order valence-electron chi connectivity index (χ3n) is 6.60. The summed E-state index contributed by atoms with van der Waals surface area (Å²) < 4.78 is 45.0. The van der Waals surface area contributed by atoms with Gasteiger partial charge in [-0.25, -0.2) is 4.98 Å². The van der Waals surface area contributed by atoms with Crippen LogP contribution in [0.2, 0.25) is 0 Å². The fourth-order valence-electron chi connectivity index (χ4n) is 4.59. The van der Waals surface area contributed by atoms with Crippen molar-refractivity contribution >= 4 is 22.5 Å². The highest BCUT2D eigenvalue weighted by Gasteiger charge is 2.31. The highest BCUT2D eigenvalue weighted by molar-refractivity contribution is 5.81. The second-order valence-corrected chi connectivity index (χ2v) is 9.15. The molecule has 1 fully saturated rings. The van der Waals surface area contributed by atoms with Crippen LogP contribution in [0.5, 0.6) is 0 Å². The number of halogens is 3. The third-order valence-corrected chi connectivity index (χ3v) is 6.60. The van der Waals surface area contributed by atoms with Crippen molar-refractivity contribution in [3.05, 3.63) is 77.4 Å². The molecule has 1 aromatic heterocycles. The molecule has 0 bridgehead atoms. The minimum Gasteiger partial charge on any atom is -0.436 e. The molecule has 3 aromatic carbocycles. The molecule has 37 heavy (non-hydrogen) atoms. The molecule has 1 aliphatic heterocycles. The normalized spacial score (nSPS) is 14.6. The summed E-state index contributed by atoms with van der Waals surface area (Å²) >= 11 is 0. The van der Waals surface area contributed by atoms with Gasteiger partial charge in [0.15, 0.2) is 5.58 Å². The van der Waals surface area contributed by atoms with Gasteiger partial charge in [-0.2, -0.15) is 18.4 Å². The van der Waals surface area contributed by atoms with Gasteiger partial charge in [-0.3, -0.25) is 4.90 Å². The van der Waals surface area contributed by atoms with Crippen molar-refractivity contribution in [2.75, 3.05) is 49.5 Å². The molecular weight excluding hydrogens is 479 g/mol. The Morgan fingerprint density at radius 2 is 1.78 bits per heavy atom. The first-order valence-corrected chi connectivity index (χ1v) is 12.1. The minimum absolute atomic E-state index is 0.512. The fourth-order valence-corrected chi connectivity index (χ4v) is 4.59. The van der Waals surface area contributed by atoms with E-state index in [0.717, 1.165) is 49.1 Å². The standard InChI is InChI=1S/C28H26F3N5O/c1-19-15-20(18-32)16-25-26(19)37-27(34-25)21-5-7-23(8-6-21)33-9-10-35-11-13-36(14-12-35)24-4-2-3-22(17-24)28(29,30)31/h2-8,15-17,33H,9-14H2,1H3. The second-order valence-electron chi connectivity index (χ2n) is 9.15. The highest BCUT2D eigenvalue weighted by atomic mass is 19.4. The van der Waals surface area contributed by atoms with E-state index in [1.165, 1.54) is 12.1 Å². The van der Waals surface area contributed by atoms with Gasteiger partial charge in [0, 0.05) is 56.2 Å². The van der Waals surface area contributed by atoms with Crippen LogP contribution < -0.4 is 10.2 Å². The van der Waals surface area contributed by atoms with Crippen molar-refractivity contribution in [3.63, 3.8) is 0 Å². The first kappa shape index (κ1) is 24.7. The van der Waals surface area contributed by atoms with Gasteiger partial charge >= 0.3 is 6.18 Å². The lowest BCUT2D eigenvalue weighted by atomic mass is 10.1. The van der Waals surface area contributed by atoms with Gasteiger partial charge in [-0.1, -0.05) is 6.07 Å². The van der Waals surface area contributed by atoms with Crippen LogP contribution in [-0.2, 0) is 6.18 Å². The Morgan fingerprint density at radius 1 is 1.03 bits per heavy atom. The molecule has 5 rings (SSSR count). The molecule has 9 heteroatoms. The summed E-state index contributed by atoms with van der Waals surface area (Å²) in [6.45, 7) is 6.46. The zero-order chi connectivity index (χ0) is 26.0. The number of aryl methyl sites for hydroxylation is 1. The van der Waals surface area contributed by atoms with Crippen molar-refractivity contribution in [2.45, 2.75) is 13.1 Å². The lowest BCUT2D eigenvalue weighted by Crippen LogP contribution is -2.47. The zero-order valence-corrected chi connectivity index (χ0v) is 20.3. The van der Waals surface area contributed by atoms with Gasteiger partial charge in [0.1, 0.15) is 5.52 Å². The lowest BCUT2D eigenvalue weighted by Gasteiger charge is -2.36. The maximum atomic E-state index is 13.0. The number of anilines is 2. The molecule has 2 heterocycles. The van der Waals surface area contributed by atoms with Crippen LogP contribution in [0.1, 0.15) is 16.7 Å². The van der Waals surface area contributed by atoms with Crippen LogP contribution in [0, 0.1) is 18.3 Å². The van der Waals surface area contributed by atoms with Crippen LogP contribution in [0.25, 0.3) is 22.6 Å². The quantitative estimate of drug-likeness (QED) is 0.351. The van der Waals surface area contributed by atoms with Gasteiger partial charge < -0.3 is 14.6 Å². The Balaban J connectivity index is 1.12. The largest absolute Gasteiger partial charge is 0.436 e. The smallest absolute Gasteiger partial charge is 0.416 e. The van der Waals surface area contributed by atoms with Crippen LogP contribution in [0.15, 0.2) is 65.1 Å². The highest BCUT2D eigenvalue weighted by Crippen LogP contribution is 2.32. The van der Waals surface area contributed by atoms with Crippen LogP contribution in [0.3, 0.4) is 0 Å². The topological polar surface area (TPSA) is 68.3 Å². The number of alkyl halides is 3. The molecule has 1 N–H and O–H groups in total. The maximum Gasteiger partial charge on any atom is 0.416 e. The average Bonchev–Trinajstić information content (AvgIpc) is 3.34. The number of hydrogen-bond acceptors (Lipinski definition) is 6. The summed E-state index contributed by atoms with van der Waals surface area (Å²) in [5, 5.41) is 12.6. The predicted octanol–water partition coefficient (Wildman–Crippen LogP) is 5.93. The molecule has 0 unspecified atom stereocenters. The van der Waals surface area contributed by atoms with Crippen molar-refractivity contribution in [2.24, 2.45) is 0 Å². The van der Waals surface area contributed by atoms with Gasteiger partial charge in [0.25, 0.3) is 0 Å². The summed E-state index contributed by atoms with van der Waals surface area (Å²) in [6, 6.07) is 19.0. The summed E-state index contributed by atoms with van der Waals surface area (Å²) in [5.74, 6) is 0.512. The van der Waals surface area contributed by atoms with E-state index in [1.54, 1.807) is 18.2 Å². The van der Waals surface area contributed by atoms with Gasteiger partial charge in [-0.05, 0) is 67.1 Å². The average molecular weight is 506 g/mol. The molecule has 0 aliphatic carbocycles. The first-order valence-electron chi connectivity index (χ1n) is 12.1. The van der Waals surface area contributed by atoms with Crippen LogP contribution in [-0.4, -0.2) is 49.2 Å². The number of nitriles is 1. The summed E-state index contributed by atoms with van der Waals surface area (Å²) in [7, 11) is 0. The molecule has 0 radical (unpaired) electrons. The Labute approximate surface area is 212 Å². The molecule has 190 valence electrons. The molecule has 0 amide bonds. The van der Waals surface area contributed by atoms with E-state index in [4.69, 9.17) is 9.68 Å². The minimum atomic E-state index is -4.33. The monoisotopic (exact) mass is 505 g/mol. The number of rotatable bonds is 6. The zero-order valence-electron chi connectivity index (χ0n) is 20.3. The van der Waals surface area contributed by atoms with Crippen molar-refractivity contribution < 1.29 is 17.6 Å². The van der Waals surface area contributed by atoms with Crippen LogP contribution >= 0.6 is 0 Å². The molecule has 1 aliphatic rings. The van der Waals surface area contributed by atoms with Crippen molar-refractivity contribution in [1.82, 2.24) is 9.88 Å². The lowest BCUT2D eigenvalue weighted by molar-refractivity contribution is -0.137. The van der Waals surface area contributed by atoms with Gasteiger partial charge in [0.05, 0.1) is 17.2 Å². The van der Waals surface area contributed by atoms with E-state index < -0.39 is 11.7 Å². The number of aromatic nitrogens is 1. The second kappa shape index (κ2) is 10.1. The number of nitrogens with zero attached hydrogens (tertiary/aromatic N) is 4. The Kier molecular flexibility index (Phi) is 6.76. The molecule has 0 spiro atoms. The number of hydrogen-bond donors (Lipinski definition) is 1. The summed E-state index contributed by atoms with van der Waals surface area (Å²) in [5.41, 5.74) is 4.62. The van der Waals surface area contributed by atoms with Gasteiger partial charge in [-0.15, -0.1) is 0 Å². The summed E-state index contributed by atoms with van der Waals surface area (Å²) in [6.07, 6.45) is -4.33. The predicted molar refractivity (Wildman–Crippen MR) is 137 cm³/mol. The molecular formula is C28H26F3N5O. The molecule has 0 atom stereocenters. The van der Waals surface area contributed by atoms with Crippen LogP contribution in [0.4, 0.5) is 24.5 Å². The molecule has 1 saturated heterocycles. The van der Waals surface area contributed by atoms with E-state index in [1.807, 2.05) is 36.1 Å². The van der Waals surface area contributed by atoms with E-state index in [-0.39, 0.29) is 0 Å². The summed E-state index contributed by atoms with van der Waals surface area (Å²) in [4.78, 5) is 8.86. The number of benzene rings is 3. The first-order chi connectivity index (χ1) is 17.8. The molecule has 6 nitrogen and oxygen atoms in total.